The molecule has 0 aromatic heterocycles. The van der Waals surface area contributed by atoms with Gasteiger partial charge in [-0.05, 0) is 6.42 Å². The maximum Gasteiger partial charge on any atom is 0.0851 e. The van der Waals surface area contributed by atoms with Crippen molar-refractivity contribution in [3.05, 3.63) is 0 Å². The molecule has 1 rings (SSSR count). The van der Waals surface area contributed by atoms with Crippen LogP contribution in [-0.4, -0.2) is 30.9 Å². The lowest BCUT2D eigenvalue weighted by atomic mass is 10.2. The molecule has 0 saturated heterocycles. The van der Waals surface area contributed by atoms with Gasteiger partial charge in [-0.25, -0.2) is 0 Å². The molecule has 0 N–H and O–H groups in total. The van der Waals surface area contributed by atoms with Crippen LogP contribution in [0.2, 0.25) is 0 Å². The van der Waals surface area contributed by atoms with Crippen LogP contribution in [0.5, 0.6) is 0 Å². The first-order valence-electron chi connectivity index (χ1n) is 3.06. The van der Waals surface area contributed by atoms with Crippen LogP contribution in [0.1, 0.15) is 13.3 Å². The third kappa shape index (κ3) is 0.831. The molecule has 2 heteroatoms. The number of nitrogens with zero attached hydrogens (tertiary/aromatic N) is 2. The van der Waals surface area contributed by atoms with Crippen molar-refractivity contribution in [3.63, 3.8) is 0 Å². The van der Waals surface area contributed by atoms with E-state index in [1.807, 2.05) is 6.34 Å². The topological polar surface area (TPSA) is 15.6 Å². The van der Waals surface area contributed by atoms with E-state index in [4.69, 9.17) is 0 Å². The molecule has 0 aromatic carbocycles. The molecular formula is C6H12N2. The fourth-order valence-electron chi connectivity index (χ4n) is 0.938. The number of aliphatic imine (C=N–C) groups is 1. The van der Waals surface area contributed by atoms with Gasteiger partial charge in [-0.2, -0.15) is 0 Å². The van der Waals surface area contributed by atoms with Gasteiger partial charge in [0.05, 0.1) is 12.9 Å². The summed E-state index contributed by atoms with van der Waals surface area (Å²) in [5, 5.41) is 0. The zero-order valence-electron chi connectivity index (χ0n) is 5.46. The molecule has 8 heavy (non-hydrogen) atoms. The van der Waals surface area contributed by atoms with E-state index in [0.29, 0.717) is 6.04 Å². The first-order chi connectivity index (χ1) is 3.84. The Bertz CT molecular complexity index is 98.7. The summed E-state index contributed by atoms with van der Waals surface area (Å²) in [5.41, 5.74) is 0. The van der Waals surface area contributed by atoms with Crippen LogP contribution < -0.4 is 0 Å². The molecule has 0 aliphatic carbocycles. The Morgan fingerprint density at radius 1 is 1.88 bits per heavy atom. The number of hydrogen-bond donors (Lipinski definition) is 0. The van der Waals surface area contributed by atoms with Gasteiger partial charge in [-0.1, -0.05) is 6.92 Å². The minimum Gasteiger partial charge on any atom is -0.361 e. The second-order valence-electron chi connectivity index (χ2n) is 2.21. The Morgan fingerprint density at radius 3 is 2.88 bits per heavy atom. The predicted octanol–water partition coefficient (Wildman–Crippen LogP) is 0.739. The highest BCUT2D eigenvalue weighted by Crippen LogP contribution is 2.04. The first kappa shape index (κ1) is 5.60. The summed E-state index contributed by atoms with van der Waals surface area (Å²) >= 11 is 0. The van der Waals surface area contributed by atoms with Gasteiger partial charge in [0.25, 0.3) is 0 Å². The third-order valence-corrected chi connectivity index (χ3v) is 1.63. The smallest absolute Gasteiger partial charge is 0.0851 e. The van der Waals surface area contributed by atoms with Crippen molar-refractivity contribution in [2.45, 2.75) is 19.4 Å². The van der Waals surface area contributed by atoms with E-state index in [2.05, 4.69) is 23.9 Å². The molecule has 1 aliphatic heterocycles. The lowest BCUT2D eigenvalue weighted by Crippen LogP contribution is -2.26. The Hall–Kier alpha value is -0.530. The fourth-order valence-corrected chi connectivity index (χ4v) is 0.938. The summed E-state index contributed by atoms with van der Waals surface area (Å²) in [6.45, 7) is 3.18. The molecule has 1 heterocycles. The van der Waals surface area contributed by atoms with Crippen LogP contribution in [0.25, 0.3) is 0 Å². The summed E-state index contributed by atoms with van der Waals surface area (Å²) in [6.07, 6.45) is 3.12. The van der Waals surface area contributed by atoms with E-state index >= 15 is 0 Å². The quantitative estimate of drug-likeness (QED) is 0.488. The van der Waals surface area contributed by atoms with Gasteiger partial charge in [0, 0.05) is 13.1 Å². The zero-order valence-corrected chi connectivity index (χ0v) is 5.46. The summed E-state index contributed by atoms with van der Waals surface area (Å²) < 4.78 is 0. The molecule has 1 atom stereocenters. The van der Waals surface area contributed by atoms with Gasteiger partial charge in [-0.15, -0.1) is 0 Å². The summed E-state index contributed by atoms with van der Waals surface area (Å²) in [6, 6.07) is 0.676. The predicted molar refractivity (Wildman–Crippen MR) is 35.2 cm³/mol. The molecule has 0 fully saturated rings. The van der Waals surface area contributed by atoms with E-state index in [9.17, 15) is 0 Å². The maximum atomic E-state index is 4.12. The van der Waals surface area contributed by atoms with Crippen molar-refractivity contribution < 1.29 is 0 Å². The van der Waals surface area contributed by atoms with Gasteiger partial charge in [0.1, 0.15) is 0 Å². The molecular weight excluding hydrogens is 100 g/mol. The molecule has 2 nitrogen and oxygen atoms in total. The molecule has 0 amide bonds. The van der Waals surface area contributed by atoms with Crippen molar-refractivity contribution in [3.8, 4) is 0 Å². The van der Waals surface area contributed by atoms with E-state index in [1.54, 1.807) is 0 Å². The van der Waals surface area contributed by atoms with Crippen LogP contribution in [0, 0.1) is 0 Å². The third-order valence-electron chi connectivity index (χ3n) is 1.63. The molecule has 0 aromatic rings. The standard InChI is InChI=1S/C6H12N2/c1-3-6-4-7-5-8(6)2/h5-6H,3-4H2,1-2H3. The van der Waals surface area contributed by atoms with Crippen molar-refractivity contribution in [2.75, 3.05) is 13.6 Å². The van der Waals surface area contributed by atoms with Gasteiger partial charge in [-0.3, -0.25) is 4.99 Å². The van der Waals surface area contributed by atoms with E-state index < -0.39 is 0 Å². The summed E-state index contributed by atoms with van der Waals surface area (Å²) in [5.74, 6) is 0. The largest absolute Gasteiger partial charge is 0.361 e. The number of hydrogen-bond acceptors (Lipinski definition) is 2. The van der Waals surface area contributed by atoms with Crippen LogP contribution in [-0.2, 0) is 0 Å². The summed E-state index contributed by atoms with van der Waals surface area (Å²) in [4.78, 5) is 6.28. The van der Waals surface area contributed by atoms with E-state index in [-0.39, 0.29) is 0 Å². The zero-order chi connectivity index (χ0) is 5.98. The maximum absolute atomic E-state index is 4.12. The van der Waals surface area contributed by atoms with Crippen LogP contribution in [0.3, 0.4) is 0 Å². The second kappa shape index (κ2) is 2.16. The van der Waals surface area contributed by atoms with Crippen LogP contribution in [0.4, 0.5) is 0 Å². The van der Waals surface area contributed by atoms with Crippen molar-refractivity contribution in [2.24, 2.45) is 4.99 Å². The van der Waals surface area contributed by atoms with E-state index in [0.717, 1.165) is 6.54 Å². The van der Waals surface area contributed by atoms with Gasteiger partial charge < -0.3 is 4.90 Å². The highest BCUT2D eigenvalue weighted by Gasteiger charge is 2.12. The lowest BCUT2D eigenvalue weighted by molar-refractivity contribution is 0.401. The Morgan fingerprint density at radius 2 is 2.62 bits per heavy atom. The van der Waals surface area contributed by atoms with Gasteiger partial charge in [0.15, 0.2) is 0 Å². The van der Waals surface area contributed by atoms with Crippen LogP contribution >= 0.6 is 0 Å². The lowest BCUT2D eigenvalue weighted by Gasteiger charge is -2.15. The second-order valence-corrected chi connectivity index (χ2v) is 2.21. The van der Waals surface area contributed by atoms with E-state index in [1.165, 1.54) is 6.42 Å². The molecule has 1 aliphatic rings. The molecule has 0 spiro atoms. The molecule has 0 saturated carbocycles. The minimum absolute atomic E-state index is 0.676. The monoisotopic (exact) mass is 112 g/mol. The fraction of sp³-hybridized carbons (Fsp3) is 0.833. The Balaban J connectivity index is 2.38. The van der Waals surface area contributed by atoms with Crippen molar-refractivity contribution in [1.82, 2.24) is 4.90 Å². The number of likely N-dealkylation sites (N-methyl/N-ethyl adjacent to an activating group) is 1. The van der Waals surface area contributed by atoms with Gasteiger partial charge in [0.2, 0.25) is 0 Å². The SMILES string of the molecule is CCC1CN=CN1C. The van der Waals surface area contributed by atoms with Crippen LogP contribution in [0.15, 0.2) is 4.99 Å². The highest BCUT2D eigenvalue weighted by molar-refractivity contribution is 5.57. The van der Waals surface area contributed by atoms with Gasteiger partial charge >= 0.3 is 0 Å². The minimum atomic E-state index is 0.676. The first-order valence-corrected chi connectivity index (χ1v) is 3.06. The highest BCUT2D eigenvalue weighted by atomic mass is 15.2. The Labute approximate surface area is 50.2 Å². The van der Waals surface area contributed by atoms with Crippen molar-refractivity contribution >= 4 is 6.34 Å². The molecule has 1 unspecified atom stereocenters. The summed E-state index contributed by atoms with van der Waals surface area (Å²) in [7, 11) is 2.07. The normalized spacial score (nSPS) is 27.2. The Kier molecular flexibility index (Phi) is 1.51. The number of rotatable bonds is 1. The average Bonchev–Trinajstić information content (AvgIpc) is 2.14. The average molecular weight is 112 g/mol. The molecule has 0 radical (unpaired) electrons. The molecule has 46 valence electrons. The molecule has 0 bridgehead atoms. The van der Waals surface area contributed by atoms with Crippen molar-refractivity contribution in [1.29, 1.82) is 0 Å².